The molecule has 2 aromatic rings. The van der Waals surface area contributed by atoms with Crippen LogP contribution in [0.3, 0.4) is 0 Å². The van der Waals surface area contributed by atoms with E-state index in [1.165, 1.54) is 38.9 Å². The van der Waals surface area contributed by atoms with Crippen LogP contribution >= 0.6 is 0 Å². The molecule has 7 nitrogen and oxygen atoms in total. The second-order valence-corrected chi connectivity index (χ2v) is 19.2. The number of rotatable bonds is 3. The molecular formula is C43H54NNaO6. The topological polar surface area (TPSA) is 104 Å². The Hall–Kier alpha value is -1.71. The Morgan fingerprint density at radius 3 is 2.41 bits per heavy atom. The van der Waals surface area contributed by atoms with Gasteiger partial charge in [-0.05, 0) is 143 Å². The van der Waals surface area contributed by atoms with Crippen molar-refractivity contribution in [3.8, 4) is 0 Å². The molecule has 7 aliphatic rings. The van der Waals surface area contributed by atoms with Crippen molar-refractivity contribution in [2.75, 3.05) is 0 Å². The van der Waals surface area contributed by atoms with E-state index in [1.807, 2.05) is 0 Å². The number of aromatic nitrogens is 1. The number of aliphatic hydroxyl groups is 2. The molecule has 3 aliphatic heterocycles. The third-order valence-electron chi connectivity index (χ3n) is 15.7. The first-order valence-corrected chi connectivity index (χ1v) is 19.0. The average Bonchev–Trinajstić information content (AvgIpc) is 3.75. The summed E-state index contributed by atoms with van der Waals surface area (Å²) in [6.07, 6.45) is 8.66. The summed E-state index contributed by atoms with van der Waals surface area (Å²) in [5, 5.41) is 37.4. The first kappa shape index (κ1) is 36.3. The van der Waals surface area contributed by atoms with Crippen molar-refractivity contribution in [3.05, 3.63) is 63.9 Å². The molecule has 2 N–H and O–H groups in total. The Kier molecular flexibility index (Phi) is 7.64. The van der Waals surface area contributed by atoms with E-state index in [0.717, 1.165) is 43.2 Å². The van der Waals surface area contributed by atoms with Crippen LogP contribution in [0.5, 0.6) is 0 Å². The first-order valence-electron chi connectivity index (χ1n) is 19.0. The van der Waals surface area contributed by atoms with Crippen molar-refractivity contribution in [3.63, 3.8) is 0 Å². The molecule has 268 valence electrons. The molecule has 8 heteroatoms. The van der Waals surface area contributed by atoms with Gasteiger partial charge in [-0.25, -0.2) is 0 Å². The summed E-state index contributed by atoms with van der Waals surface area (Å²) in [7, 11) is 0. The molecule has 1 aromatic carbocycles. The Morgan fingerprint density at radius 2 is 1.75 bits per heavy atom. The number of hydrogen-bond acceptors (Lipinski definition) is 6. The predicted octanol–water partition coefficient (Wildman–Crippen LogP) is 3.77. The largest absolute Gasteiger partial charge is 1.00 e. The molecule has 0 spiro atoms. The number of aliphatic hydroxyl groups excluding tert-OH is 1. The summed E-state index contributed by atoms with van der Waals surface area (Å²) in [5.74, 6) is -1.98. The van der Waals surface area contributed by atoms with Gasteiger partial charge in [0.15, 0.2) is 5.79 Å². The third-order valence-corrected chi connectivity index (χ3v) is 15.7. The molecule has 1 aromatic heterocycles. The molecule has 10 atom stereocenters. The molecule has 4 heterocycles. The number of carbonyl (C=O) groups is 1. The van der Waals surface area contributed by atoms with Gasteiger partial charge in [-0.2, -0.15) is 0 Å². The number of nitrogens with zero attached hydrogens (tertiary/aromatic N) is 1. The number of aliphatic carboxylic acids is 1. The second kappa shape index (κ2) is 10.7. The van der Waals surface area contributed by atoms with Crippen molar-refractivity contribution in [2.45, 2.75) is 148 Å². The number of carboxylic acids is 1. The third kappa shape index (κ3) is 4.29. The van der Waals surface area contributed by atoms with Gasteiger partial charge in [0.25, 0.3) is 0 Å². The van der Waals surface area contributed by atoms with Gasteiger partial charge in [-0.1, -0.05) is 39.0 Å². The van der Waals surface area contributed by atoms with Gasteiger partial charge >= 0.3 is 29.6 Å². The second-order valence-electron chi connectivity index (χ2n) is 19.2. The van der Waals surface area contributed by atoms with E-state index >= 15 is 0 Å². The van der Waals surface area contributed by atoms with E-state index in [9.17, 15) is 20.1 Å². The minimum absolute atomic E-state index is 0. The Balaban J connectivity index is 0.00000374. The zero-order valence-electron chi connectivity index (χ0n) is 32.3. The normalized spacial score (nSPS) is 42.3. The predicted molar refractivity (Wildman–Crippen MR) is 191 cm³/mol. The van der Waals surface area contributed by atoms with Gasteiger partial charge in [0.1, 0.15) is 0 Å². The quantitative estimate of drug-likeness (QED) is 0.287. The average molecular weight is 704 g/mol. The molecule has 51 heavy (non-hydrogen) atoms. The summed E-state index contributed by atoms with van der Waals surface area (Å²) in [6.45, 7) is 24.0. The maximum atomic E-state index is 12.2. The molecule has 4 aliphatic carbocycles. The van der Waals surface area contributed by atoms with Gasteiger partial charge in [0, 0.05) is 34.2 Å². The number of ether oxygens (including phenoxy) is 2. The van der Waals surface area contributed by atoms with Gasteiger partial charge in [0.05, 0.1) is 40.9 Å². The molecule has 0 unspecified atom stereocenters. The van der Waals surface area contributed by atoms with Gasteiger partial charge in [-0.15, -0.1) is 0 Å². The van der Waals surface area contributed by atoms with Gasteiger partial charge in [-0.3, -0.25) is 0 Å². The maximum Gasteiger partial charge on any atom is 1.00 e. The van der Waals surface area contributed by atoms with E-state index in [0.29, 0.717) is 18.8 Å². The van der Waals surface area contributed by atoms with Gasteiger partial charge < -0.3 is 34.2 Å². The summed E-state index contributed by atoms with van der Waals surface area (Å²) in [4.78, 5) is 11.6. The zero-order valence-corrected chi connectivity index (χ0v) is 34.3. The number of carbonyl (C=O) groups excluding carboxylic acids is 1. The minimum Gasteiger partial charge on any atom is -0.545 e. The van der Waals surface area contributed by atoms with E-state index < -0.39 is 40.6 Å². The Morgan fingerprint density at radius 1 is 1.04 bits per heavy atom. The summed E-state index contributed by atoms with van der Waals surface area (Å²) in [5.41, 5.74) is 8.50. The van der Waals surface area contributed by atoms with Crippen LogP contribution in [0.15, 0.2) is 35.9 Å². The Labute approximate surface area is 324 Å². The molecular weight excluding hydrogens is 649 g/mol. The number of carboxylic acid groups (broad SMARTS) is 1. The van der Waals surface area contributed by atoms with Crippen LogP contribution in [0.1, 0.15) is 135 Å². The molecule has 2 saturated carbocycles. The van der Waals surface area contributed by atoms with E-state index in [4.69, 9.17) is 9.47 Å². The van der Waals surface area contributed by atoms with Crippen LogP contribution < -0.4 is 34.7 Å². The SMILES string of the molecule is C=C(C)[C@H]1Cc2c3c(cc4c5c(n1c24)[C@@]1(C)[C@@H](CC[C@@H]2[C@]1(C)CC[C@]1(O)O[C@H](/C=C(\C)C(=O)[O-])C[C@@]21C)C5)C1=CC(C)(C)OC(C)(C)[C@H]1[C@@H]3O.[Na+]. The fraction of sp³-hybridized carbons (Fsp3) is 0.651. The van der Waals surface area contributed by atoms with E-state index in [-0.39, 0.29) is 63.8 Å². The van der Waals surface area contributed by atoms with Crippen LogP contribution in [0.2, 0.25) is 0 Å². The summed E-state index contributed by atoms with van der Waals surface area (Å²) < 4.78 is 15.6. The van der Waals surface area contributed by atoms with Crippen LogP contribution in [-0.4, -0.2) is 43.8 Å². The van der Waals surface area contributed by atoms with Crippen molar-refractivity contribution < 1.29 is 59.1 Å². The molecule has 9 rings (SSSR count). The smallest absolute Gasteiger partial charge is 0.545 e. The monoisotopic (exact) mass is 703 g/mol. The van der Waals surface area contributed by atoms with Crippen LogP contribution in [-0.2, 0) is 32.5 Å². The van der Waals surface area contributed by atoms with Crippen molar-refractivity contribution in [2.24, 2.45) is 28.6 Å². The summed E-state index contributed by atoms with van der Waals surface area (Å²) >= 11 is 0. The van der Waals surface area contributed by atoms with Crippen LogP contribution in [0.4, 0.5) is 0 Å². The molecule has 0 amide bonds. The molecule has 3 fully saturated rings. The van der Waals surface area contributed by atoms with E-state index in [2.05, 4.69) is 78.7 Å². The summed E-state index contributed by atoms with van der Waals surface area (Å²) in [6, 6.07) is 2.54. The number of hydrogen-bond donors (Lipinski definition) is 2. The van der Waals surface area contributed by atoms with Crippen LogP contribution in [0.25, 0.3) is 16.5 Å². The number of allylic oxidation sites excluding steroid dienone is 1. The first-order chi connectivity index (χ1) is 23.2. The Bertz CT molecular complexity index is 2000. The van der Waals surface area contributed by atoms with Gasteiger partial charge in [0.2, 0.25) is 0 Å². The van der Waals surface area contributed by atoms with E-state index in [1.54, 1.807) is 13.0 Å². The fourth-order valence-electron chi connectivity index (χ4n) is 13.7. The van der Waals surface area contributed by atoms with Crippen molar-refractivity contribution in [1.82, 2.24) is 4.57 Å². The molecule has 1 saturated heterocycles. The maximum absolute atomic E-state index is 12.2. The fourth-order valence-corrected chi connectivity index (χ4v) is 13.7. The standard InChI is InChI=1S/C43H55NO6.Na/c1-21(2)30-18-28-32-25(29-20-38(4,5)50-39(6,7)33(29)35(32)45)17-26-27-16-23-11-12-31-40(8,42(23,10)36(27)44(30)34(26)28)13-14-43(48)41(31,9)19-24(49-43)15-22(3)37(46)47;/h15,17,20,23-24,30-31,33,35,45,48H,1,11-14,16,18-19H2,2-10H3,(H,46,47);/q;+1/p-1/b22-15+;/t23-,24+,30+,31+,33+,35+,40-,41-,42+,43-;/m0./s1. The number of benzene rings is 1. The molecule has 0 radical (unpaired) electrons. The van der Waals surface area contributed by atoms with Crippen molar-refractivity contribution >= 4 is 22.4 Å². The van der Waals surface area contributed by atoms with Crippen molar-refractivity contribution in [1.29, 1.82) is 0 Å². The number of fused-ring (bicyclic) bond motifs is 13. The minimum atomic E-state index is -1.31. The van der Waals surface area contributed by atoms with Crippen LogP contribution in [0, 0.1) is 28.6 Å². The molecule has 0 bridgehead atoms. The zero-order chi connectivity index (χ0) is 35.9.